The van der Waals surface area contributed by atoms with Crippen molar-refractivity contribution < 1.29 is 27.6 Å². The second kappa shape index (κ2) is 14.1. The van der Waals surface area contributed by atoms with Crippen LogP contribution in [0.2, 0.25) is 0 Å². The molecule has 1 unspecified atom stereocenters. The summed E-state index contributed by atoms with van der Waals surface area (Å²) in [5, 5.41) is 0. The summed E-state index contributed by atoms with van der Waals surface area (Å²) in [5.41, 5.74) is 13.2. The quantitative estimate of drug-likeness (QED) is 0.153. The lowest BCUT2D eigenvalue weighted by molar-refractivity contribution is -0.997. The predicted molar refractivity (Wildman–Crippen MR) is 268 cm³/mol. The molecule has 0 radical (unpaired) electrons. The van der Waals surface area contributed by atoms with Gasteiger partial charge in [-0.2, -0.15) is 4.57 Å². The Bertz CT molecular complexity index is 3970. The molecule has 3 aliphatic heterocycles. The predicted octanol–water partition coefficient (Wildman–Crippen LogP) is 14.5. The van der Waals surface area contributed by atoms with Gasteiger partial charge in [-0.25, -0.2) is 0 Å². The van der Waals surface area contributed by atoms with E-state index in [-0.39, 0.29) is 5.56 Å². The first-order valence-corrected chi connectivity index (χ1v) is 22.3. The van der Waals surface area contributed by atoms with E-state index in [9.17, 15) is 1.37 Å². The lowest BCUT2D eigenvalue weighted by Gasteiger charge is -2.32. The van der Waals surface area contributed by atoms with Crippen molar-refractivity contribution in [3.05, 3.63) is 217 Å². The summed E-state index contributed by atoms with van der Waals surface area (Å²) in [6.45, 7) is -6.28. The van der Waals surface area contributed by atoms with Crippen molar-refractivity contribution in [1.29, 1.82) is 0 Å². The molecule has 13 rings (SSSR count). The first-order valence-electron chi connectivity index (χ1n) is 27.3. The van der Waals surface area contributed by atoms with Crippen molar-refractivity contribution in [3.8, 4) is 89.7 Å². The molecule has 10 aromatic rings. The summed E-state index contributed by atoms with van der Waals surface area (Å²) < 4.78 is 99.3. The molecule has 0 saturated carbocycles. The van der Waals surface area contributed by atoms with Gasteiger partial charge < -0.3 is 4.74 Å². The van der Waals surface area contributed by atoms with Gasteiger partial charge in [0.05, 0.1) is 5.56 Å². The largest absolute Gasteiger partial charge is 0.499 e. The van der Waals surface area contributed by atoms with Gasteiger partial charge in [-0.05, 0) is 110 Å². The Morgan fingerprint density at radius 3 is 1.89 bits per heavy atom. The maximum Gasteiger partial charge on any atom is 0.499 e. The molecule has 1 atom stereocenters. The van der Waals surface area contributed by atoms with Gasteiger partial charge in [0.2, 0.25) is 5.69 Å². The van der Waals surface area contributed by atoms with E-state index in [2.05, 4.69) is 105 Å². The average Bonchev–Trinajstić information content (AvgIpc) is 4.05. The van der Waals surface area contributed by atoms with Gasteiger partial charge in [-0.1, -0.05) is 168 Å². The number of benzene rings is 8. The molecule has 4 nitrogen and oxygen atoms in total. The molecule has 316 valence electrons. The highest BCUT2D eigenvalue weighted by atomic mass is 16.5. The molecule has 8 aromatic carbocycles. The lowest BCUT2D eigenvalue weighted by Crippen LogP contribution is -2.78. The molecular formula is C62H49N3O+2. The first-order chi connectivity index (χ1) is 36.2. The van der Waals surface area contributed by atoms with Crippen molar-refractivity contribution in [2.75, 3.05) is 0 Å². The van der Waals surface area contributed by atoms with E-state index in [1.54, 1.807) is 12.1 Å². The summed E-state index contributed by atoms with van der Waals surface area (Å²) in [5.74, 6) is -0.717. The standard InChI is InChI=1S/C62H49N3O/c1-39(2)49-37-51(43-22-13-8-14-23-43)56(38-50(49)42-20-11-7-12-21-42)64-54-26-17-25-47-52-34-45(40-18-9-6-10-19-40)35-53-55-36-44(41-28-30-46(31-29-41)61(3,4)5)32-33-63(55)62(58(52)53)65(59(47)54)60(64)48-24-15-16-27-57(48)66-62/h6-39H,1-5H3/q+2/i3D3,4D3,5D3,39D. The van der Waals surface area contributed by atoms with Crippen molar-refractivity contribution >= 4 is 11.0 Å². The van der Waals surface area contributed by atoms with Crippen molar-refractivity contribution in [2.24, 2.45) is 0 Å². The van der Waals surface area contributed by atoms with Crippen LogP contribution in [0.15, 0.2) is 200 Å². The number of nitrogens with zero attached hydrogens (tertiary/aromatic N) is 3. The van der Waals surface area contributed by atoms with Crippen molar-refractivity contribution in [3.63, 3.8) is 0 Å². The maximum atomic E-state index is 9.57. The minimum atomic E-state index is -3.39. The highest BCUT2D eigenvalue weighted by Gasteiger charge is 2.68. The Balaban J connectivity index is 1.12. The smallest absolute Gasteiger partial charge is 0.392 e. The summed E-state index contributed by atoms with van der Waals surface area (Å²) >= 11 is 0. The van der Waals surface area contributed by atoms with Gasteiger partial charge in [0.25, 0.3) is 0 Å². The van der Waals surface area contributed by atoms with E-state index in [0.717, 1.165) is 101 Å². The molecule has 1 spiro atoms. The molecule has 0 N–H and O–H groups in total. The molecule has 5 heterocycles. The van der Waals surface area contributed by atoms with E-state index >= 15 is 0 Å². The molecule has 0 aliphatic carbocycles. The van der Waals surface area contributed by atoms with Crippen LogP contribution in [-0.4, -0.2) is 4.57 Å². The highest BCUT2D eigenvalue weighted by Crippen LogP contribution is 2.55. The molecule has 0 saturated heterocycles. The average molecular weight is 862 g/mol. The Morgan fingerprint density at radius 2 is 1.18 bits per heavy atom. The van der Waals surface area contributed by atoms with Gasteiger partial charge in [-0.15, -0.1) is 9.13 Å². The zero-order chi connectivity index (χ0) is 52.9. The summed E-state index contributed by atoms with van der Waals surface area (Å²) in [6.07, 6.45) is 2.01. The monoisotopic (exact) mass is 861 g/mol. The minimum absolute atomic E-state index is 0.312. The van der Waals surface area contributed by atoms with Crippen LogP contribution in [0.3, 0.4) is 0 Å². The zero-order valence-corrected chi connectivity index (χ0v) is 36.3. The summed E-state index contributed by atoms with van der Waals surface area (Å²) in [6, 6.07) is 64.4. The van der Waals surface area contributed by atoms with E-state index in [1.165, 1.54) is 12.1 Å². The molecule has 4 heteroatoms. The fraction of sp³-hybridized carbons (Fsp3) is 0.129. The number of para-hydroxylation sites is 2. The topological polar surface area (TPSA) is 21.9 Å². The lowest BCUT2D eigenvalue weighted by atomic mass is 9.85. The van der Waals surface area contributed by atoms with Crippen LogP contribution in [0.25, 0.3) is 95.0 Å². The Morgan fingerprint density at radius 1 is 0.545 bits per heavy atom. The first kappa shape index (κ1) is 29.6. The van der Waals surface area contributed by atoms with E-state index in [0.29, 0.717) is 11.3 Å². The number of rotatable bonds is 6. The third-order valence-electron chi connectivity index (χ3n) is 13.7. The Labute approximate surface area is 400 Å². The molecule has 0 bridgehead atoms. The van der Waals surface area contributed by atoms with Crippen LogP contribution in [0.4, 0.5) is 0 Å². The van der Waals surface area contributed by atoms with E-state index in [1.807, 2.05) is 98.9 Å². The van der Waals surface area contributed by atoms with Gasteiger partial charge in [0.15, 0.2) is 17.2 Å². The number of pyridine rings is 1. The van der Waals surface area contributed by atoms with Crippen LogP contribution in [0, 0.1) is 0 Å². The Hall–Kier alpha value is -7.82. The summed E-state index contributed by atoms with van der Waals surface area (Å²) in [7, 11) is 0. The zero-order valence-electron chi connectivity index (χ0n) is 46.3. The normalized spacial score (nSPS) is 18.0. The van der Waals surface area contributed by atoms with Crippen LogP contribution >= 0.6 is 0 Å². The number of ether oxygens (including phenoxy) is 1. The van der Waals surface area contributed by atoms with Crippen molar-refractivity contribution in [1.82, 2.24) is 4.57 Å². The van der Waals surface area contributed by atoms with Crippen LogP contribution in [0.5, 0.6) is 5.75 Å². The SMILES string of the molecule is [2H]C(C)(C)c1cc(-c2ccccc2)c(-n2c3[n+]4c5c(cccc52)-c2cc(-c5ccccc5)cc5c2C4(Oc2ccccc2-3)[n+]2ccc(-c3ccc(C(C([2H])([2H])[2H])(C([2H])([2H])[2H])C([2H])([2H])[2H])cc3)cc2-5)cc1-c1ccccc1. The van der Waals surface area contributed by atoms with Crippen LogP contribution in [0.1, 0.15) is 70.7 Å². The van der Waals surface area contributed by atoms with E-state index < -0.39 is 37.7 Å². The van der Waals surface area contributed by atoms with Gasteiger partial charge >= 0.3 is 11.7 Å². The van der Waals surface area contributed by atoms with Crippen LogP contribution < -0.4 is 13.9 Å². The molecule has 66 heavy (non-hydrogen) atoms. The second-order valence-corrected chi connectivity index (χ2v) is 17.8. The highest BCUT2D eigenvalue weighted by molar-refractivity contribution is 6.00. The molecule has 3 aliphatic rings. The molecular weight excluding hydrogens is 803 g/mol. The molecule has 0 amide bonds. The molecule has 0 fully saturated rings. The van der Waals surface area contributed by atoms with Crippen LogP contribution in [-0.2, 0) is 11.3 Å². The van der Waals surface area contributed by atoms with Crippen molar-refractivity contribution in [2.45, 2.75) is 51.6 Å². The number of fused-ring (bicyclic) bond motifs is 5. The third kappa shape index (κ3) is 5.45. The second-order valence-electron chi connectivity index (χ2n) is 17.8. The Kier molecular flexibility index (Phi) is 6.32. The number of aromatic nitrogens is 3. The number of hydrogen-bond donors (Lipinski definition) is 0. The maximum absolute atomic E-state index is 9.57. The van der Waals surface area contributed by atoms with Gasteiger partial charge in [-0.3, -0.25) is 0 Å². The number of imidazole rings is 1. The molecule has 2 aromatic heterocycles. The summed E-state index contributed by atoms with van der Waals surface area (Å²) in [4.78, 5) is 0. The van der Waals surface area contributed by atoms with Gasteiger partial charge in [0, 0.05) is 42.5 Å². The number of hydrogen-bond acceptors (Lipinski definition) is 1. The fourth-order valence-corrected chi connectivity index (χ4v) is 10.8. The minimum Gasteiger partial charge on any atom is -0.392 e. The third-order valence-corrected chi connectivity index (χ3v) is 13.7. The van der Waals surface area contributed by atoms with E-state index in [4.69, 9.17) is 17.1 Å². The fourth-order valence-electron chi connectivity index (χ4n) is 10.8. The van der Waals surface area contributed by atoms with Gasteiger partial charge in [0.1, 0.15) is 22.6 Å².